The van der Waals surface area contributed by atoms with Gasteiger partial charge in [0, 0.05) is 45.1 Å². The fraction of sp³-hybridized carbons (Fsp3) is 0.250. The molecule has 174 valence electrons. The number of pyridine rings is 1. The van der Waals surface area contributed by atoms with Crippen LogP contribution in [0.3, 0.4) is 0 Å². The first-order valence-corrected chi connectivity index (χ1v) is 12.0. The number of halogens is 1. The van der Waals surface area contributed by atoms with Crippen molar-refractivity contribution in [1.82, 2.24) is 14.3 Å². The Bertz CT molecular complexity index is 1390. The van der Waals surface area contributed by atoms with E-state index in [0.717, 1.165) is 11.3 Å². The molecule has 3 aromatic rings. The molecule has 2 aliphatic rings. The number of anilines is 2. The number of piperazine rings is 1. The summed E-state index contributed by atoms with van der Waals surface area (Å²) in [6, 6.07) is 10.2. The van der Waals surface area contributed by atoms with Gasteiger partial charge in [-0.05, 0) is 48.9 Å². The second-order valence-corrected chi connectivity index (χ2v) is 9.96. The second kappa shape index (κ2) is 8.84. The van der Waals surface area contributed by atoms with Gasteiger partial charge in [-0.3, -0.25) is 18.9 Å². The summed E-state index contributed by atoms with van der Waals surface area (Å²) in [5.41, 5.74) is 2.57. The topological polar surface area (TPSA) is 61.2 Å². The number of rotatable bonds is 3. The van der Waals surface area contributed by atoms with E-state index in [1.807, 2.05) is 19.1 Å². The van der Waals surface area contributed by atoms with Gasteiger partial charge in [0.15, 0.2) is 0 Å². The van der Waals surface area contributed by atoms with Crippen LogP contribution in [0.4, 0.5) is 15.9 Å². The monoisotopic (exact) mass is 495 g/mol. The van der Waals surface area contributed by atoms with E-state index in [4.69, 9.17) is 17.2 Å². The van der Waals surface area contributed by atoms with E-state index in [0.29, 0.717) is 52.4 Å². The predicted molar refractivity (Wildman–Crippen MR) is 138 cm³/mol. The number of benzene rings is 1. The summed E-state index contributed by atoms with van der Waals surface area (Å²) in [6.07, 6.45) is 3.37. The number of likely N-dealkylation sites (N-methyl/N-ethyl adjacent to an activating group) is 1. The first-order valence-electron chi connectivity index (χ1n) is 10.8. The zero-order valence-electron chi connectivity index (χ0n) is 18.7. The third-order valence-electron chi connectivity index (χ3n) is 6.02. The van der Waals surface area contributed by atoms with Crippen LogP contribution in [-0.4, -0.2) is 57.7 Å². The molecule has 0 atom stereocenters. The maximum atomic E-state index is 13.6. The van der Waals surface area contributed by atoms with Gasteiger partial charge in [-0.1, -0.05) is 30.0 Å². The molecule has 1 aromatic carbocycles. The molecule has 1 amide bonds. The van der Waals surface area contributed by atoms with Crippen LogP contribution in [0.5, 0.6) is 0 Å². The van der Waals surface area contributed by atoms with Gasteiger partial charge in [0.05, 0.1) is 10.5 Å². The number of thiocarbonyl (C=S) groups is 1. The lowest BCUT2D eigenvalue weighted by molar-refractivity contribution is -0.121. The molecule has 34 heavy (non-hydrogen) atoms. The van der Waals surface area contributed by atoms with Crippen LogP contribution >= 0.6 is 24.0 Å². The van der Waals surface area contributed by atoms with Crippen LogP contribution in [0.15, 0.2) is 52.3 Å². The standard InChI is InChI=1S/C24H22FN5O2S2/c1-15-3-8-20-26-21(29-11-9-28(10-12-29)17-6-4-16(25)5-7-17)18(22(31)30(20)14-15)13-19-23(32)27(2)24(33)34-19/h3-8,13-14H,9-12H2,1-2H3/b19-13-. The highest BCUT2D eigenvalue weighted by atomic mass is 32.2. The molecule has 2 saturated heterocycles. The highest BCUT2D eigenvalue weighted by Gasteiger charge is 2.30. The van der Waals surface area contributed by atoms with E-state index in [9.17, 15) is 14.0 Å². The molecule has 2 aromatic heterocycles. The lowest BCUT2D eigenvalue weighted by Gasteiger charge is -2.37. The van der Waals surface area contributed by atoms with E-state index in [2.05, 4.69) is 9.80 Å². The predicted octanol–water partition coefficient (Wildman–Crippen LogP) is 3.30. The van der Waals surface area contributed by atoms with Crippen molar-refractivity contribution < 1.29 is 9.18 Å². The highest BCUT2D eigenvalue weighted by Crippen LogP contribution is 2.32. The van der Waals surface area contributed by atoms with E-state index in [1.54, 1.807) is 31.5 Å². The molecule has 2 aliphatic heterocycles. The fourth-order valence-electron chi connectivity index (χ4n) is 4.12. The van der Waals surface area contributed by atoms with E-state index < -0.39 is 0 Å². The molecule has 0 bridgehead atoms. The Kier molecular flexibility index (Phi) is 5.86. The van der Waals surface area contributed by atoms with E-state index in [1.165, 1.54) is 33.2 Å². The molecule has 0 radical (unpaired) electrons. The van der Waals surface area contributed by atoms with Crippen molar-refractivity contribution >= 4 is 57.4 Å². The molecule has 7 nitrogen and oxygen atoms in total. The number of aryl methyl sites for hydroxylation is 1. The smallest absolute Gasteiger partial charge is 0.267 e. The van der Waals surface area contributed by atoms with Gasteiger partial charge in [-0.15, -0.1) is 0 Å². The minimum atomic E-state index is -0.263. The normalized spacial score (nSPS) is 18.0. The van der Waals surface area contributed by atoms with Gasteiger partial charge in [0.2, 0.25) is 0 Å². The number of hydrogen-bond acceptors (Lipinski definition) is 7. The third-order valence-corrected chi connectivity index (χ3v) is 7.50. The van der Waals surface area contributed by atoms with Gasteiger partial charge in [-0.25, -0.2) is 9.37 Å². The van der Waals surface area contributed by atoms with Gasteiger partial charge in [-0.2, -0.15) is 0 Å². The first kappa shape index (κ1) is 22.5. The summed E-state index contributed by atoms with van der Waals surface area (Å²) >= 11 is 6.44. The molecule has 0 unspecified atom stereocenters. The molecule has 5 rings (SSSR count). The van der Waals surface area contributed by atoms with E-state index >= 15 is 0 Å². The largest absolute Gasteiger partial charge is 0.368 e. The Hall–Kier alpha value is -3.24. The summed E-state index contributed by atoms with van der Waals surface area (Å²) in [5.74, 6) is 0.0606. The molecular formula is C24H22FN5O2S2. The summed E-state index contributed by atoms with van der Waals surface area (Å²) < 4.78 is 15.3. The van der Waals surface area contributed by atoms with Crippen LogP contribution in [0.2, 0.25) is 0 Å². The maximum Gasteiger partial charge on any atom is 0.267 e. The van der Waals surface area contributed by atoms with Gasteiger partial charge in [0.1, 0.15) is 21.6 Å². The van der Waals surface area contributed by atoms with Gasteiger partial charge < -0.3 is 9.80 Å². The molecule has 0 spiro atoms. The van der Waals surface area contributed by atoms with Crippen LogP contribution in [0.25, 0.3) is 11.7 Å². The Balaban J connectivity index is 1.54. The SMILES string of the molecule is Cc1ccc2nc(N3CCN(c4ccc(F)cc4)CC3)c(/C=C3\SC(=S)N(C)C3=O)c(=O)n2c1. The number of nitrogens with zero attached hydrogens (tertiary/aromatic N) is 5. The number of fused-ring (bicyclic) bond motifs is 1. The summed E-state index contributed by atoms with van der Waals surface area (Å²) in [6.45, 7) is 4.55. The van der Waals surface area contributed by atoms with E-state index in [-0.39, 0.29) is 17.3 Å². The molecule has 4 heterocycles. The molecular weight excluding hydrogens is 473 g/mol. The summed E-state index contributed by atoms with van der Waals surface area (Å²) in [5, 5.41) is 0. The van der Waals surface area contributed by atoms with Crippen LogP contribution in [0.1, 0.15) is 11.1 Å². The number of hydrogen-bond donors (Lipinski definition) is 0. The van der Waals surface area contributed by atoms with Crippen molar-refractivity contribution in [2.45, 2.75) is 6.92 Å². The van der Waals surface area contributed by atoms with Gasteiger partial charge >= 0.3 is 0 Å². The summed E-state index contributed by atoms with van der Waals surface area (Å²) in [4.78, 5) is 37.1. The van der Waals surface area contributed by atoms with Crippen molar-refractivity contribution in [2.24, 2.45) is 0 Å². The third kappa shape index (κ3) is 4.07. The van der Waals surface area contributed by atoms with Crippen molar-refractivity contribution in [1.29, 1.82) is 0 Å². The molecule has 0 saturated carbocycles. The zero-order chi connectivity index (χ0) is 24.0. The number of carbonyl (C=O) groups is 1. The van der Waals surface area contributed by atoms with Crippen LogP contribution in [-0.2, 0) is 4.79 Å². The quantitative estimate of drug-likeness (QED) is 0.408. The van der Waals surface area contributed by atoms with Crippen molar-refractivity contribution in [3.05, 3.63) is 74.8 Å². The lowest BCUT2D eigenvalue weighted by Crippen LogP contribution is -2.47. The Labute approximate surface area is 205 Å². The Morgan fingerprint density at radius 1 is 1.03 bits per heavy atom. The number of aromatic nitrogens is 2. The fourth-order valence-corrected chi connectivity index (χ4v) is 5.28. The second-order valence-electron chi connectivity index (χ2n) is 8.28. The average molecular weight is 496 g/mol. The number of carbonyl (C=O) groups excluding carboxylic acids is 1. The molecule has 0 aliphatic carbocycles. The molecule has 0 N–H and O–H groups in total. The summed E-state index contributed by atoms with van der Waals surface area (Å²) in [7, 11) is 1.63. The number of amides is 1. The van der Waals surface area contributed by atoms with Gasteiger partial charge in [0.25, 0.3) is 11.5 Å². The number of thioether (sulfide) groups is 1. The Morgan fingerprint density at radius 3 is 2.35 bits per heavy atom. The minimum Gasteiger partial charge on any atom is -0.368 e. The van der Waals surface area contributed by atoms with Crippen LogP contribution in [0, 0.1) is 12.7 Å². The average Bonchev–Trinajstić information content (AvgIpc) is 3.08. The van der Waals surface area contributed by atoms with Crippen molar-refractivity contribution in [3.63, 3.8) is 0 Å². The molecule has 2 fully saturated rings. The minimum absolute atomic E-state index is 0.226. The van der Waals surface area contributed by atoms with Crippen molar-refractivity contribution in [3.8, 4) is 0 Å². The van der Waals surface area contributed by atoms with Crippen molar-refractivity contribution in [2.75, 3.05) is 43.0 Å². The van der Waals surface area contributed by atoms with Crippen LogP contribution < -0.4 is 15.4 Å². The Morgan fingerprint density at radius 2 is 1.71 bits per heavy atom. The maximum absolute atomic E-state index is 13.6. The molecule has 10 heteroatoms. The first-order chi connectivity index (χ1) is 16.3. The highest BCUT2D eigenvalue weighted by molar-refractivity contribution is 8.26. The zero-order valence-corrected chi connectivity index (χ0v) is 20.3. The lowest BCUT2D eigenvalue weighted by atomic mass is 10.2.